The number of H-pyrrole nitrogens is 1. The first-order chi connectivity index (χ1) is 15.3. The van der Waals surface area contributed by atoms with Crippen LogP contribution in [-0.4, -0.2) is 43.0 Å². The zero-order valence-corrected chi connectivity index (χ0v) is 19.1. The summed E-state index contributed by atoms with van der Waals surface area (Å²) in [5, 5.41) is 34.4. The Labute approximate surface area is 192 Å². The molecule has 0 saturated heterocycles. The minimum Gasteiger partial charge on any atom is -0.480 e. The number of rotatable bonds is 6. The summed E-state index contributed by atoms with van der Waals surface area (Å²) in [4.78, 5) is 1.64. The van der Waals surface area contributed by atoms with Crippen LogP contribution < -0.4 is 4.74 Å². The van der Waals surface area contributed by atoms with Crippen LogP contribution in [0.2, 0.25) is 5.02 Å². The Bertz CT molecular complexity index is 1010. The molecule has 0 aliphatic heterocycles. The lowest BCUT2D eigenvalue weighted by Crippen LogP contribution is -2.62. The molecule has 2 aromatic rings. The molecule has 8 nitrogen and oxygen atoms in total. The fraction of sp³-hybridized carbons (Fsp3) is 0.609. The van der Waals surface area contributed by atoms with Gasteiger partial charge in [0.2, 0.25) is 0 Å². The molecular weight excluding hydrogens is 426 g/mol. The third-order valence-electron chi connectivity index (χ3n) is 7.68. The van der Waals surface area contributed by atoms with Crippen molar-refractivity contribution >= 4 is 17.4 Å². The molecule has 9 heteroatoms. The van der Waals surface area contributed by atoms with E-state index < -0.39 is 5.60 Å². The molecule has 0 amide bonds. The highest BCUT2D eigenvalue weighted by atomic mass is 35.5. The highest BCUT2D eigenvalue weighted by Gasteiger charge is 2.58. The maximum absolute atomic E-state index is 10.1. The van der Waals surface area contributed by atoms with Crippen LogP contribution in [0.25, 0.3) is 0 Å². The van der Waals surface area contributed by atoms with Crippen molar-refractivity contribution in [2.75, 3.05) is 0 Å². The molecule has 1 heterocycles. The Morgan fingerprint density at radius 3 is 2.56 bits per heavy atom. The second-order valence-corrected chi connectivity index (χ2v) is 10.8. The second kappa shape index (κ2) is 7.73. The highest BCUT2D eigenvalue weighted by molar-refractivity contribution is 6.30. The van der Waals surface area contributed by atoms with Gasteiger partial charge in [0.1, 0.15) is 5.75 Å². The van der Waals surface area contributed by atoms with Gasteiger partial charge in [-0.2, -0.15) is 10.5 Å². The highest BCUT2D eigenvalue weighted by Crippen LogP contribution is 2.62. The summed E-state index contributed by atoms with van der Waals surface area (Å²) in [5.74, 6) is 3.08. The Morgan fingerprint density at radius 1 is 1.28 bits per heavy atom. The van der Waals surface area contributed by atoms with Gasteiger partial charge >= 0.3 is 0 Å². The third kappa shape index (κ3) is 3.73. The van der Waals surface area contributed by atoms with Crippen LogP contribution in [0, 0.1) is 40.0 Å². The van der Waals surface area contributed by atoms with Crippen molar-refractivity contribution in [2.24, 2.45) is 23.2 Å². The van der Waals surface area contributed by atoms with E-state index in [0.29, 0.717) is 28.5 Å². The normalized spacial score (nSPS) is 30.7. The van der Waals surface area contributed by atoms with Crippen molar-refractivity contribution in [3.8, 4) is 11.9 Å². The Kier molecular flexibility index (Phi) is 5.12. The van der Waals surface area contributed by atoms with Gasteiger partial charge < -0.3 is 4.74 Å². The molecule has 1 aromatic carbocycles. The number of nitrogens with one attached hydrogen (secondary N) is 2. The first-order valence-electron chi connectivity index (χ1n) is 11.2. The summed E-state index contributed by atoms with van der Waals surface area (Å²) < 4.78 is 6.13. The molecule has 2 atom stereocenters. The SMILES string of the molecule is CC(C)(Oc1ccc(Cl)cc1)C(=N)N(C#N)C1C2CC3CC1CC(Cc1nn[nH]n1)(C3)C2. The van der Waals surface area contributed by atoms with E-state index in [2.05, 4.69) is 26.8 Å². The predicted molar refractivity (Wildman–Crippen MR) is 119 cm³/mol. The summed E-state index contributed by atoms with van der Waals surface area (Å²) in [7, 11) is 0. The van der Waals surface area contributed by atoms with Crippen LogP contribution in [0.3, 0.4) is 0 Å². The maximum Gasteiger partial charge on any atom is 0.185 e. The number of ether oxygens (including phenoxy) is 1. The van der Waals surface area contributed by atoms with Gasteiger partial charge in [-0.15, -0.1) is 10.2 Å². The standard InChI is InChI=1S/C23H28ClN7O/c1-22(2,32-18-5-3-17(24)4-6-18)21(26)31(13-25)20-15-7-14-8-16(20)11-23(9-14,10-15)12-19-27-29-30-28-19/h3-6,14-16,20,26H,7-12H2,1-2H3,(H,27,28,29,30). The predicted octanol–water partition coefficient (Wildman–Crippen LogP) is 4.21. The van der Waals surface area contributed by atoms with Crippen molar-refractivity contribution in [2.45, 2.75) is 64.0 Å². The van der Waals surface area contributed by atoms with Gasteiger partial charge in [-0.1, -0.05) is 16.8 Å². The van der Waals surface area contributed by atoms with Crippen molar-refractivity contribution in [3.05, 3.63) is 35.1 Å². The molecule has 4 fully saturated rings. The van der Waals surface area contributed by atoms with E-state index in [1.54, 1.807) is 29.2 Å². The fourth-order valence-electron chi connectivity index (χ4n) is 6.80. The molecule has 6 rings (SSSR count). The number of tetrazole rings is 1. The van der Waals surface area contributed by atoms with Crippen LogP contribution in [0.15, 0.2) is 24.3 Å². The molecule has 4 saturated carbocycles. The van der Waals surface area contributed by atoms with Gasteiger partial charge in [0.25, 0.3) is 0 Å². The monoisotopic (exact) mass is 453 g/mol. The minimum absolute atomic E-state index is 0.0514. The molecule has 2 N–H and O–H groups in total. The number of amidine groups is 1. The zero-order valence-electron chi connectivity index (χ0n) is 18.4. The number of aromatic nitrogens is 4. The molecule has 0 radical (unpaired) electrons. The average Bonchev–Trinajstić information content (AvgIpc) is 3.23. The van der Waals surface area contributed by atoms with Gasteiger partial charge in [-0.3, -0.25) is 10.3 Å². The number of halogens is 1. The van der Waals surface area contributed by atoms with Crippen LogP contribution in [-0.2, 0) is 6.42 Å². The first kappa shape index (κ1) is 21.2. The lowest BCUT2D eigenvalue weighted by atomic mass is 9.47. The van der Waals surface area contributed by atoms with E-state index in [1.807, 2.05) is 13.8 Å². The number of hydrogen-bond acceptors (Lipinski definition) is 6. The number of hydrogen-bond donors (Lipinski definition) is 2. The molecule has 32 heavy (non-hydrogen) atoms. The fourth-order valence-corrected chi connectivity index (χ4v) is 6.92. The molecule has 2 unspecified atom stereocenters. The number of nitriles is 1. The van der Waals surface area contributed by atoms with E-state index in [1.165, 1.54) is 6.42 Å². The molecular formula is C23H28ClN7O. The Balaban J connectivity index is 1.35. The average molecular weight is 454 g/mol. The van der Waals surface area contributed by atoms with E-state index in [0.717, 1.165) is 37.9 Å². The van der Waals surface area contributed by atoms with Gasteiger partial charge in [-0.05, 0) is 93.4 Å². The lowest BCUT2D eigenvalue weighted by molar-refractivity contribution is -0.0920. The Hall–Kier alpha value is -2.66. The smallest absolute Gasteiger partial charge is 0.185 e. The van der Waals surface area contributed by atoms with Crippen molar-refractivity contribution < 1.29 is 4.74 Å². The van der Waals surface area contributed by atoms with Gasteiger partial charge in [0.05, 0.1) is 6.04 Å². The van der Waals surface area contributed by atoms with Crippen LogP contribution in [0.5, 0.6) is 5.75 Å². The molecule has 4 bridgehead atoms. The molecule has 0 spiro atoms. The molecule has 1 aromatic heterocycles. The maximum atomic E-state index is 10.1. The minimum atomic E-state index is -0.944. The van der Waals surface area contributed by atoms with Crippen LogP contribution in [0.4, 0.5) is 0 Å². The largest absolute Gasteiger partial charge is 0.480 e. The van der Waals surface area contributed by atoms with Crippen molar-refractivity contribution in [3.63, 3.8) is 0 Å². The quantitative estimate of drug-likeness (QED) is 0.293. The second-order valence-electron chi connectivity index (χ2n) is 10.4. The number of nitrogens with zero attached hydrogens (tertiary/aromatic N) is 5. The van der Waals surface area contributed by atoms with E-state index in [9.17, 15) is 5.26 Å². The van der Waals surface area contributed by atoms with E-state index >= 15 is 0 Å². The summed E-state index contributed by atoms with van der Waals surface area (Å²) in [6.07, 6.45) is 8.74. The topological polar surface area (TPSA) is 115 Å². The number of benzene rings is 1. The first-order valence-corrected chi connectivity index (χ1v) is 11.6. The molecule has 168 valence electrons. The summed E-state index contributed by atoms with van der Waals surface area (Å²) in [6, 6.07) is 7.16. The Morgan fingerprint density at radius 2 is 1.97 bits per heavy atom. The molecule has 4 aliphatic rings. The van der Waals surface area contributed by atoms with Gasteiger partial charge in [-0.25, -0.2) is 0 Å². The van der Waals surface area contributed by atoms with Crippen LogP contribution in [0.1, 0.15) is 51.8 Å². The van der Waals surface area contributed by atoms with Gasteiger partial charge in [0.15, 0.2) is 23.5 Å². The summed E-state index contributed by atoms with van der Waals surface area (Å²) in [6.45, 7) is 3.70. The zero-order chi connectivity index (χ0) is 22.5. The van der Waals surface area contributed by atoms with Crippen molar-refractivity contribution in [1.82, 2.24) is 25.5 Å². The van der Waals surface area contributed by atoms with E-state index in [-0.39, 0.29) is 17.3 Å². The van der Waals surface area contributed by atoms with Crippen molar-refractivity contribution in [1.29, 1.82) is 10.7 Å². The van der Waals surface area contributed by atoms with E-state index in [4.69, 9.17) is 21.7 Å². The summed E-state index contributed by atoms with van der Waals surface area (Å²) in [5.41, 5.74) is -0.754. The van der Waals surface area contributed by atoms with Crippen LogP contribution >= 0.6 is 11.6 Å². The number of aromatic amines is 1. The lowest BCUT2D eigenvalue weighted by Gasteiger charge is -2.61. The third-order valence-corrected chi connectivity index (χ3v) is 7.93. The van der Waals surface area contributed by atoms with Gasteiger partial charge in [0, 0.05) is 11.4 Å². The summed E-state index contributed by atoms with van der Waals surface area (Å²) >= 11 is 5.98. The molecule has 4 aliphatic carbocycles.